The molecule has 1 heterocycles. The van der Waals surface area contributed by atoms with Gasteiger partial charge in [0.05, 0.1) is 31.7 Å². The lowest BCUT2D eigenvalue weighted by molar-refractivity contribution is 0.102. The topological polar surface area (TPSA) is 86.5 Å². The minimum atomic E-state index is -0.328. The summed E-state index contributed by atoms with van der Waals surface area (Å²) in [6.45, 7) is 1.82. The third-order valence-corrected chi connectivity index (χ3v) is 2.98. The summed E-state index contributed by atoms with van der Waals surface area (Å²) < 4.78 is 10.4. The maximum absolute atomic E-state index is 12.4. The summed E-state index contributed by atoms with van der Waals surface area (Å²) in [5.74, 6) is 1.00. The van der Waals surface area contributed by atoms with Crippen LogP contribution < -0.4 is 20.5 Å². The highest BCUT2D eigenvalue weighted by Crippen LogP contribution is 2.31. The molecule has 3 N–H and O–H groups in total. The smallest absolute Gasteiger partial charge is 0.260 e. The number of nitrogens with zero attached hydrogens (tertiary/aromatic N) is 1. The van der Waals surface area contributed by atoms with Gasteiger partial charge in [-0.25, -0.2) is 4.98 Å². The lowest BCUT2D eigenvalue weighted by Crippen LogP contribution is -2.15. The average molecular weight is 287 g/mol. The number of aryl methyl sites for hydroxylation is 1. The third-order valence-electron chi connectivity index (χ3n) is 2.98. The second-order valence-corrected chi connectivity index (χ2v) is 4.43. The van der Waals surface area contributed by atoms with E-state index in [4.69, 9.17) is 15.2 Å². The zero-order chi connectivity index (χ0) is 15.4. The van der Waals surface area contributed by atoms with E-state index in [9.17, 15) is 4.79 Å². The molecular formula is C15H17N3O3. The monoisotopic (exact) mass is 287 g/mol. The van der Waals surface area contributed by atoms with Crippen molar-refractivity contribution < 1.29 is 14.3 Å². The van der Waals surface area contributed by atoms with E-state index in [1.54, 1.807) is 24.3 Å². The van der Waals surface area contributed by atoms with Gasteiger partial charge in [0, 0.05) is 0 Å². The normalized spacial score (nSPS) is 10.0. The molecule has 0 aliphatic carbocycles. The number of nitrogens with one attached hydrogen (secondary N) is 1. The minimum Gasteiger partial charge on any atom is -0.493 e. The molecule has 2 aromatic rings. The van der Waals surface area contributed by atoms with Crippen LogP contribution in [0.15, 0.2) is 30.5 Å². The van der Waals surface area contributed by atoms with Crippen LogP contribution in [-0.2, 0) is 0 Å². The Kier molecular flexibility index (Phi) is 4.27. The van der Waals surface area contributed by atoms with Gasteiger partial charge in [-0.2, -0.15) is 0 Å². The van der Waals surface area contributed by atoms with Gasteiger partial charge in [0.2, 0.25) is 0 Å². The van der Waals surface area contributed by atoms with Gasteiger partial charge >= 0.3 is 0 Å². The molecule has 0 bridgehead atoms. The van der Waals surface area contributed by atoms with Crippen LogP contribution in [0.5, 0.6) is 11.5 Å². The number of methoxy groups -OCH3 is 2. The maximum Gasteiger partial charge on any atom is 0.260 e. The molecule has 1 aromatic carbocycles. The largest absolute Gasteiger partial charge is 0.493 e. The molecular weight excluding hydrogens is 270 g/mol. The van der Waals surface area contributed by atoms with Crippen LogP contribution >= 0.6 is 0 Å². The first-order chi connectivity index (χ1) is 10.1. The fourth-order valence-electron chi connectivity index (χ4n) is 1.97. The highest BCUT2D eigenvalue weighted by Gasteiger charge is 2.17. The summed E-state index contributed by atoms with van der Waals surface area (Å²) >= 11 is 0. The molecule has 2 rings (SSSR count). The molecule has 0 unspecified atom stereocenters. The number of carbonyl (C=O) groups is 1. The van der Waals surface area contributed by atoms with Crippen LogP contribution in [0.2, 0.25) is 0 Å². The molecule has 6 nitrogen and oxygen atoms in total. The van der Waals surface area contributed by atoms with Gasteiger partial charge in [0.15, 0.2) is 11.5 Å². The molecule has 1 amide bonds. The first-order valence-corrected chi connectivity index (χ1v) is 6.31. The number of carbonyl (C=O) groups excluding carboxylic acids is 1. The van der Waals surface area contributed by atoms with Crippen molar-refractivity contribution in [3.8, 4) is 11.5 Å². The molecule has 0 aliphatic rings. The number of nitrogens with two attached hydrogens (primary N) is 1. The molecule has 110 valence electrons. The van der Waals surface area contributed by atoms with E-state index >= 15 is 0 Å². The number of hydrogen-bond acceptors (Lipinski definition) is 5. The lowest BCUT2D eigenvalue weighted by Gasteiger charge is -2.13. The second kappa shape index (κ2) is 6.13. The van der Waals surface area contributed by atoms with Gasteiger partial charge in [0.1, 0.15) is 5.82 Å². The fourth-order valence-corrected chi connectivity index (χ4v) is 1.97. The van der Waals surface area contributed by atoms with Crippen LogP contribution in [-0.4, -0.2) is 25.1 Å². The van der Waals surface area contributed by atoms with Crippen LogP contribution in [0.1, 0.15) is 15.9 Å². The summed E-state index contributed by atoms with van der Waals surface area (Å²) in [7, 11) is 3.01. The molecule has 1 aromatic heterocycles. The predicted octanol–water partition coefficient (Wildman–Crippen LogP) is 2.24. The number of rotatable bonds is 4. The van der Waals surface area contributed by atoms with E-state index in [-0.39, 0.29) is 5.91 Å². The molecule has 21 heavy (non-hydrogen) atoms. The van der Waals surface area contributed by atoms with Gasteiger partial charge in [0.25, 0.3) is 5.91 Å². The van der Waals surface area contributed by atoms with Crippen molar-refractivity contribution in [2.45, 2.75) is 6.92 Å². The average Bonchev–Trinajstić information content (AvgIpc) is 2.49. The Hall–Kier alpha value is -2.76. The number of benzene rings is 1. The fraction of sp³-hybridized carbons (Fsp3) is 0.200. The highest BCUT2D eigenvalue weighted by atomic mass is 16.5. The van der Waals surface area contributed by atoms with E-state index in [0.717, 1.165) is 5.56 Å². The Morgan fingerprint density at radius 1 is 1.29 bits per heavy atom. The van der Waals surface area contributed by atoms with Crippen LogP contribution in [0, 0.1) is 6.92 Å². The second-order valence-electron chi connectivity index (χ2n) is 4.43. The zero-order valence-corrected chi connectivity index (χ0v) is 12.1. The Morgan fingerprint density at radius 3 is 2.67 bits per heavy atom. The van der Waals surface area contributed by atoms with Gasteiger partial charge in [-0.15, -0.1) is 0 Å². The first-order valence-electron chi connectivity index (χ1n) is 6.31. The van der Waals surface area contributed by atoms with Crippen molar-refractivity contribution in [2.75, 3.05) is 25.3 Å². The molecule has 0 spiro atoms. The molecule has 0 saturated heterocycles. The summed E-state index contributed by atoms with van der Waals surface area (Å²) in [6.07, 6.45) is 1.49. The number of ether oxygens (including phenoxy) is 2. The van der Waals surface area contributed by atoms with Crippen LogP contribution in [0.3, 0.4) is 0 Å². The third kappa shape index (κ3) is 3.05. The molecule has 0 radical (unpaired) electrons. The van der Waals surface area contributed by atoms with Crippen molar-refractivity contribution in [1.29, 1.82) is 0 Å². The molecule has 0 saturated carbocycles. The lowest BCUT2D eigenvalue weighted by atomic mass is 10.1. The van der Waals surface area contributed by atoms with Crippen molar-refractivity contribution in [1.82, 2.24) is 4.98 Å². The van der Waals surface area contributed by atoms with Crippen molar-refractivity contribution >= 4 is 17.4 Å². The number of hydrogen-bond donors (Lipinski definition) is 2. The van der Waals surface area contributed by atoms with Crippen LogP contribution in [0.25, 0.3) is 0 Å². The van der Waals surface area contributed by atoms with E-state index < -0.39 is 0 Å². The van der Waals surface area contributed by atoms with Crippen molar-refractivity contribution in [3.05, 3.63) is 41.6 Å². The Bertz CT molecular complexity index is 671. The standard InChI is InChI=1S/C15H17N3O3/c1-9-7-10(16)8-17-14(9)18-15(19)11-5-4-6-12(20-2)13(11)21-3/h4-8H,16H2,1-3H3,(H,17,18,19). The number of amides is 1. The number of pyridine rings is 1. The molecule has 0 aliphatic heterocycles. The van der Waals surface area contributed by atoms with E-state index in [0.29, 0.717) is 28.6 Å². The van der Waals surface area contributed by atoms with Crippen molar-refractivity contribution in [3.63, 3.8) is 0 Å². The molecule has 0 fully saturated rings. The summed E-state index contributed by atoms with van der Waals surface area (Å²) in [6, 6.07) is 6.84. The Labute approximate surface area is 122 Å². The molecule has 0 atom stereocenters. The van der Waals surface area contributed by atoms with Crippen LogP contribution in [0.4, 0.5) is 11.5 Å². The highest BCUT2D eigenvalue weighted by molar-refractivity contribution is 6.06. The first kappa shape index (κ1) is 14.6. The summed E-state index contributed by atoms with van der Waals surface area (Å²) in [5.41, 5.74) is 7.34. The minimum absolute atomic E-state index is 0.328. The SMILES string of the molecule is COc1cccc(C(=O)Nc2ncc(N)cc2C)c1OC. The summed E-state index contributed by atoms with van der Waals surface area (Å²) in [4.78, 5) is 16.5. The van der Waals surface area contributed by atoms with Crippen molar-refractivity contribution in [2.24, 2.45) is 0 Å². The van der Waals surface area contributed by atoms with E-state index in [2.05, 4.69) is 10.3 Å². The van der Waals surface area contributed by atoms with Gasteiger partial charge < -0.3 is 20.5 Å². The number of nitrogen functional groups attached to an aromatic ring is 1. The van der Waals surface area contributed by atoms with Gasteiger partial charge in [-0.1, -0.05) is 6.07 Å². The van der Waals surface area contributed by atoms with Gasteiger partial charge in [-0.3, -0.25) is 4.79 Å². The van der Waals surface area contributed by atoms with E-state index in [1.165, 1.54) is 20.4 Å². The van der Waals surface area contributed by atoms with E-state index in [1.807, 2.05) is 6.92 Å². The maximum atomic E-state index is 12.4. The van der Waals surface area contributed by atoms with Gasteiger partial charge in [-0.05, 0) is 30.7 Å². The number of anilines is 2. The zero-order valence-electron chi connectivity index (χ0n) is 12.1. The summed E-state index contributed by atoms with van der Waals surface area (Å²) in [5, 5.41) is 2.74. The Balaban J connectivity index is 2.32. The molecule has 6 heteroatoms. The number of para-hydroxylation sites is 1. The quantitative estimate of drug-likeness (QED) is 0.900. The Morgan fingerprint density at radius 2 is 2.05 bits per heavy atom. The predicted molar refractivity (Wildman–Crippen MR) is 80.9 cm³/mol. The number of aromatic nitrogens is 1.